The molecular formula is C104H74N8. The highest BCUT2D eigenvalue weighted by Crippen LogP contribution is 2.46. The van der Waals surface area contributed by atoms with E-state index in [9.17, 15) is 10.5 Å². The molecule has 20 rings (SSSR count). The minimum absolute atomic E-state index is 0.556. The van der Waals surface area contributed by atoms with Crippen LogP contribution in [-0.4, -0.2) is 28.2 Å². The van der Waals surface area contributed by atoms with Crippen LogP contribution in [0.1, 0.15) is 61.2 Å². The second-order valence-corrected chi connectivity index (χ2v) is 30.7. The van der Waals surface area contributed by atoms with Crippen LogP contribution in [0.15, 0.2) is 310 Å². The molecule has 0 aliphatic rings. The van der Waals surface area contributed by atoms with Gasteiger partial charge in [0.05, 0.1) is 66.9 Å². The average molecular weight is 1440 g/mol. The van der Waals surface area contributed by atoms with E-state index in [2.05, 4.69) is 374 Å². The third kappa shape index (κ3) is 11.3. The van der Waals surface area contributed by atoms with E-state index in [1.165, 1.54) is 44.5 Å². The Bertz CT molecular complexity index is 7390. The van der Waals surface area contributed by atoms with Gasteiger partial charge in [0.15, 0.2) is 0 Å². The fourth-order valence-electron chi connectivity index (χ4n) is 18.2. The summed E-state index contributed by atoms with van der Waals surface area (Å²) in [4.78, 5) is 8.93. The third-order valence-electron chi connectivity index (χ3n) is 22.8. The van der Waals surface area contributed by atoms with Crippen molar-refractivity contribution in [3.8, 4) is 102 Å². The molecule has 6 aromatic heterocycles. The number of aromatic nitrogens is 6. The molecule has 0 fully saturated rings. The minimum atomic E-state index is 0.556. The van der Waals surface area contributed by atoms with Gasteiger partial charge in [-0.1, -0.05) is 209 Å². The quantitative estimate of drug-likeness (QED) is 0.122. The van der Waals surface area contributed by atoms with Crippen molar-refractivity contribution in [2.45, 2.75) is 54.9 Å². The van der Waals surface area contributed by atoms with Crippen molar-refractivity contribution in [3.05, 3.63) is 371 Å². The first-order valence-electron chi connectivity index (χ1n) is 38.3. The maximum Gasteiger partial charge on any atom is 0.104 e. The molecule has 0 N–H and O–H groups in total. The van der Waals surface area contributed by atoms with Crippen LogP contribution in [0.4, 0.5) is 0 Å². The Hall–Kier alpha value is -14.4. The van der Waals surface area contributed by atoms with E-state index in [0.29, 0.717) is 17.5 Å². The molecular weight excluding hydrogens is 1360 g/mol. The Morgan fingerprint density at radius 3 is 0.920 bits per heavy atom. The number of rotatable bonds is 12. The molecule has 0 aliphatic heterocycles. The standard InChI is InChI=1S/C104H74N8/c1-62-38-63(2)43-77(42-62)73-23-28-97-89(52-73)85-16-10-13-19-95(85)109(97)101-56-81(71-30-34-107-35-31-71)57-102(91(101)60-105)110-96-27-20-69(51-88(96)90-53-74(24-29-98(90)110)78-44-64(3)39-65(4)45-78)49-70-41-68(7)48-80(50-70)76-22-26-87-84-15-9-12-18-94(84)112(100(87)55-76)104-59-82(72-32-36-108-37-33-72)58-103(92(104)61-106)111-93-17-11-8-14-83(93)86-25-21-75(54-99(86)111)79-46-66(5)40-67(6)47-79/h8-48,50-59H,49H2,1-7H3. The van der Waals surface area contributed by atoms with E-state index in [0.717, 1.165) is 182 Å². The molecule has 6 heterocycles. The summed E-state index contributed by atoms with van der Waals surface area (Å²) in [6.45, 7) is 15.2. The summed E-state index contributed by atoms with van der Waals surface area (Å²) in [5.74, 6) is 0. The summed E-state index contributed by atoms with van der Waals surface area (Å²) in [5, 5.41) is 32.9. The van der Waals surface area contributed by atoms with Crippen molar-refractivity contribution in [3.63, 3.8) is 0 Å². The average Bonchev–Trinajstić information content (AvgIpc) is 1.56. The number of benzene rings is 14. The monoisotopic (exact) mass is 1430 g/mol. The Balaban J connectivity index is 0.744. The van der Waals surface area contributed by atoms with Gasteiger partial charge in [0.25, 0.3) is 0 Å². The number of pyridine rings is 2. The second-order valence-electron chi connectivity index (χ2n) is 30.7. The Morgan fingerprint density at radius 1 is 0.223 bits per heavy atom. The fraction of sp³-hybridized carbons (Fsp3) is 0.0769. The first kappa shape index (κ1) is 67.0. The molecule has 0 atom stereocenters. The predicted molar refractivity (Wildman–Crippen MR) is 464 cm³/mol. The smallest absolute Gasteiger partial charge is 0.104 e. The zero-order chi connectivity index (χ0) is 75.7. The minimum Gasteiger partial charge on any atom is -0.308 e. The largest absolute Gasteiger partial charge is 0.308 e. The molecule has 0 unspecified atom stereocenters. The van der Waals surface area contributed by atoms with Gasteiger partial charge in [0.1, 0.15) is 23.3 Å². The van der Waals surface area contributed by atoms with E-state index in [1.54, 1.807) is 0 Å². The molecule has 112 heavy (non-hydrogen) atoms. The fourth-order valence-corrected chi connectivity index (χ4v) is 18.2. The van der Waals surface area contributed by atoms with Crippen LogP contribution < -0.4 is 0 Å². The van der Waals surface area contributed by atoms with Crippen molar-refractivity contribution in [2.24, 2.45) is 0 Å². The van der Waals surface area contributed by atoms with E-state index in [4.69, 9.17) is 0 Å². The zero-order valence-electron chi connectivity index (χ0n) is 63.2. The van der Waals surface area contributed by atoms with Crippen molar-refractivity contribution >= 4 is 87.2 Å². The van der Waals surface area contributed by atoms with Gasteiger partial charge in [-0.05, 0) is 248 Å². The van der Waals surface area contributed by atoms with Gasteiger partial charge in [-0.3, -0.25) is 9.97 Å². The third-order valence-corrected chi connectivity index (χ3v) is 22.8. The normalized spacial score (nSPS) is 11.7. The number of aryl methyl sites for hydroxylation is 7. The lowest BCUT2D eigenvalue weighted by atomic mass is 9.95. The van der Waals surface area contributed by atoms with E-state index in [-0.39, 0.29) is 0 Å². The molecule has 20 aromatic rings. The van der Waals surface area contributed by atoms with Crippen LogP contribution in [0.5, 0.6) is 0 Å². The summed E-state index contributed by atoms with van der Waals surface area (Å²) in [5.41, 5.74) is 36.0. The maximum absolute atomic E-state index is 12.0. The molecule has 0 bridgehead atoms. The molecule has 0 aliphatic carbocycles. The summed E-state index contributed by atoms with van der Waals surface area (Å²) < 4.78 is 9.28. The lowest BCUT2D eigenvalue weighted by molar-refractivity contribution is 1.12. The lowest BCUT2D eigenvalue weighted by Gasteiger charge is -2.19. The van der Waals surface area contributed by atoms with Gasteiger partial charge in [-0.15, -0.1) is 0 Å². The number of hydrogen-bond acceptors (Lipinski definition) is 4. The van der Waals surface area contributed by atoms with Gasteiger partial charge in [-0.25, -0.2) is 0 Å². The zero-order valence-corrected chi connectivity index (χ0v) is 63.2. The van der Waals surface area contributed by atoms with E-state index < -0.39 is 0 Å². The van der Waals surface area contributed by atoms with Crippen LogP contribution in [0.2, 0.25) is 0 Å². The van der Waals surface area contributed by atoms with Crippen molar-refractivity contribution in [1.82, 2.24) is 28.2 Å². The first-order valence-corrected chi connectivity index (χ1v) is 38.3. The van der Waals surface area contributed by atoms with E-state index in [1.807, 2.05) is 24.8 Å². The Morgan fingerprint density at radius 2 is 0.518 bits per heavy atom. The summed E-state index contributed by atoms with van der Waals surface area (Å²) >= 11 is 0. The second kappa shape index (κ2) is 26.5. The topological polar surface area (TPSA) is 93.1 Å². The number of hydrogen-bond donors (Lipinski definition) is 0. The van der Waals surface area contributed by atoms with Gasteiger partial charge in [0.2, 0.25) is 0 Å². The number of nitrogens with zero attached hydrogens (tertiary/aromatic N) is 8. The number of para-hydroxylation sites is 3. The van der Waals surface area contributed by atoms with Crippen LogP contribution in [0, 0.1) is 71.1 Å². The molecule has 8 nitrogen and oxygen atoms in total. The highest BCUT2D eigenvalue weighted by Gasteiger charge is 2.27. The summed E-state index contributed by atoms with van der Waals surface area (Å²) in [7, 11) is 0. The lowest BCUT2D eigenvalue weighted by Crippen LogP contribution is -2.05. The molecule has 0 saturated heterocycles. The molecule has 8 heteroatoms. The van der Waals surface area contributed by atoms with Gasteiger partial charge in [-0.2, -0.15) is 10.5 Å². The van der Waals surface area contributed by atoms with Crippen molar-refractivity contribution in [1.29, 1.82) is 10.5 Å². The molecule has 14 aromatic carbocycles. The Labute approximate surface area is 649 Å². The maximum atomic E-state index is 12.0. The van der Waals surface area contributed by atoms with Gasteiger partial charge >= 0.3 is 0 Å². The predicted octanol–water partition coefficient (Wildman–Crippen LogP) is 26.4. The number of nitriles is 2. The van der Waals surface area contributed by atoms with E-state index >= 15 is 0 Å². The summed E-state index contributed by atoms with van der Waals surface area (Å²) in [6.07, 6.45) is 8.03. The molecule has 0 amide bonds. The van der Waals surface area contributed by atoms with Crippen LogP contribution in [0.3, 0.4) is 0 Å². The molecule has 0 spiro atoms. The SMILES string of the molecule is Cc1cc(C)cc(-c2ccc3c(c2)c2ccccc2n3-c2cc(-c3ccncc3)cc(-n3c4ccc(Cc5cc(C)cc(-c6ccc7c8ccccc8n(-c8cc(-c9ccncc9)cc(-n9c%10ccccc%10c%10ccc(-c%11cc(C)cc(C)c%11)cc%109)c8C#N)c7c6)c5)cc4c4cc(-c5cc(C)cc(C)c5)ccc43)c2C#N)c1. The van der Waals surface area contributed by atoms with Crippen LogP contribution in [0.25, 0.3) is 177 Å². The molecule has 0 saturated carbocycles. The first-order chi connectivity index (χ1) is 54.7. The van der Waals surface area contributed by atoms with Crippen molar-refractivity contribution < 1.29 is 0 Å². The molecule has 530 valence electrons. The van der Waals surface area contributed by atoms with Gasteiger partial charge < -0.3 is 18.3 Å². The number of fused-ring (bicyclic) bond motifs is 12. The highest BCUT2D eigenvalue weighted by molar-refractivity contribution is 6.15. The summed E-state index contributed by atoms with van der Waals surface area (Å²) in [6, 6.07) is 110. The van der Waals surface area contributed by atoms with Crippen LogP contribution in [-0.2, 0) is 6.42 Å². The molecule has 0 radical (unpaired) electrons. The van der Waals surface area contributed by atoms with Gasteiger partial charge in [0, 0.05) is 67.9 Å². The Kier molecular flexibility index (Phi) is 15.8. The highest BCUT2D eigenvalue weighted by atomic mass is 15.0. The van der Waals surface area contributed by atoms with Crippen LogP contribution >= 0.6 is 0 Å². The van der Waals surface area contributed by atoms with Crippen molar-refractivity contribution in [2.75, 3.05) is 0 Å².